The van der Waals surface area contributed by atoms with Crippen molar-refractivity contribution in [2.75, 3.05) is 18.8 Å². The molecular weight excluding hydrogens is 406 g/mol. The van der Waals surface area contributed by atoms with E-state index in [0.717, 1.165) is 0 Å². The number of carboxylic acids is 2. The van der Waals surface area contributed by atoms with Gasteiger partial charge in [-0.2, -0.15) is 12.6 Å². The molecule has 0 saturated heterocycles. The minimum absolute atomic E-state index is 0.102. The highest BCUT2D eigenvalue weighted by atomic mass is 32.1. The van der Waals surface area contributed by atoms with E-state index in [1.54, 1.807) is 0 Å². The summed E-state index contributed by atoms with van der Waals surface area (Å²) < 4.78 is 0. The van der Waals surface area contributed by atoms with Crippen molar-refractivity contribution in [2.24, 2.45) is 11.5 Å². The lowest BCUT2D eigenvalue weighted by molar-refractivity contribution is -0.139. The van der Waals surface area contributed by atoms with Crippen LogP contribution in [0, 0.1) is 0 Å². The average molecular weight is 436 g/mol. The molecule has 29 heavy (non-hydrogen) atoms. The second kappa shape index (κ2) is 14.6. The zero-order valence-electron chi connectivity index (χ0n) is 15.9. The SMILES string of the molecule is NCCCCC(NC(=O)C(CS)NC(=O)C(N)CCC(=O)O)C(=O)NCC(=O)O. The topological polar surface area (TPSA) is 214 Å². The minimum atomic E-state index is -1.23. The van der Waals surface area contributed by atoms with Crippen molar-refractivity contribution in [2.45, 2.75) is 50.2 Å². The number of hydrogen-bond acceptors (Lipinski definition) is 8. The Kier molecular flexibility index (Phi) is 13.4. The Hall–Kier alpha value is -2.38. The molecule has 0 aliphatic rings. The minimum Gasteiger partial charge on any atom is -0.481 e. The Morgan fingerprint density at radius 3 is 2.00 bits per heavy atom. The molecule has 0 spiro atoms. The summed E-state index contributed by atoms with van der Waals surface area (Å²) in [6.45, 7) is -0.214. The number of nitrogens with one attached hydrogen (secondary N) is 3. The van der Waals surface area contributed by atoms with Crippen LogP contribution < -0.4 is 27.4 Å². The Morgan fingerprint density at radius 1 is 0.862 bits per heavy atom. The summed E-state index contributed by atoms with van der Waals surface area (Å²) in [6.07, 6.45) is 0.921. The quantitative estimate of drug-likeness (QED) is 0.0998. The molecule has 0 heterocycles. The number of amides is 3. The maximum Gasteiger partial charge on any atom is 0.322 e. The molecule has 166 valence electrons. The van der Waals surface area contributed by atoms with Crippen molar-refractivity contribution >= 4 is 42.3 Å². The summed E-state index contributed by atoms with van der Waals surface area (Å²) in [5.41, 5.74) is 11.0. The molecule has 3 atom stereocenters. The molecule has 12 nitrogen and oxygen atoms in total. The van der Waals surface area contributed by atoms with Gasteiger partial charge in [0.2, 0.25) is 17.7 Å². The molecule has 0 aliphatic carbocycles. The second-order valence-corrected chi connectivity index (χ2v) is 6.60. The summed E-state index contributed by atoms with van der Waals surface area (Å²) >= 11 is 4.01. The molecule has 9 N–H and O–H groups in total. The lowest BCUT2D eigenvalue weighted by Gasteiger charge is -2.23. The maximum atomic E-state index is 12.5. The van der Waals surface area contributed by atoms with Crippen LogP contribution in [0.3, 0.4) is 0 Å². The van der Waals surface area contributed by atoms with Crippen molar-refractivity contribution in [3.63, 3.8) is 0 Å². The van der Waals surface area contributed by atoms with Crippen LogP contribution >= 0.6 is 12.6 Å². The monoisotopic (exact) mass is 435 g/mol. The number of rotatable bonds is 15. The van der Waals surface area contributed by atoms with Crippen LogP contribution in [0.5, 0.6) is 0 Å². The number of carbonyl (C=O) groups excluding carboxylic acids is 3. The van der Waals surface area contributed by atoms with Gasteiger partial charge in [-0.1, -0.05) is 0 Å². The third kappa shape index (κ3) is 11.9. The summed E-state index contributed by atoms with van der Waals surface area (Å²) in [6, 6.07) is -3.26. The van der Waals surface area contributed by atoms with Gasteiger partial charge in [-0.15, -0.1) is 0 Å². The van der Waals surface area contributed by atoms with E-state index in [1.165, 1.54) is 0 Å². The summed E-state index contributed by atoms with van der Waals surface area (Å²) in [4.78, 5) is 57.8. The number of thiol groups is 1. The Labute approximate surface area is 173 Å². The van der Waals surface area contributed by atoms with E-state index in [4.69, 9.17) is 21.7 Å². The van der Waals surface area contributed by atoms with E-state index in [9.17, 15) is 24.0 Å². The number of carbonyl (C=O) groups is 5. The number of unbranched alkanes of at least 4 members (excludes halogenated alkanes) is 1. The molecular formula is C16H29N5O7S. The highest BCUT2D eigenvalue weighted by Crippen LogP contribution is 2.03. The van der Waals surface area contributed by atoms with Gasteiger partial charge in [0.05, 0.1) is 6.04 Å². The van der Waals surface area contributed by atoms with Gasteiger partial charge < -0.3 is 37.6 Å². The van der Waals surface area contributed by atoms with Crippen molar-refractivity contribution in [1.82, 2.24) is 16.0 Å². The van der Waals surface area contributed by atoms with Gasteiger partial charge in [-0.25, -0.2) is 0 Å². The summed E-state index contributed by atoms with van der Waals surface area (Å²) in [7, 11) is 0. The fourth-order valence-electron chi connectivity index (χ4n) is 2.20. The lowest BCUT2D eigenvalue weighted by Crippen LogP contribution is -2.56. The van der Waals surface area contributed by atoms with Gasteiger partial charge in [0.1, 0.15) is 18.6 Å². The fourth-order valence-corrected chi connectivity index (χ4v) is 2.46. The van der Waals surface area contributed by atoms with Gasteiger partial charge in [0.25, 0.3) is 0 Å². The molecule has 13 heteroatoms. The molecule has 0 aromatic rings. The maximum absolute atomic E-state index is 12.5. The van der Waals surface area contributed by atoms with Crippen LogP contribution in [0.2, 0.25) is 0 Å². The standard InChI is InChI=1S/C16H29N5O7S/c17-6-2-1-3-10(15(27)19-7-13(24)25)20-16(28)11(8-29)21-14(26)9(18)4-5-12(22)23/h9-11,29H,1-8,17-18H2,(H,19,27)(H,20,28)(H,21,26)(H,22,23)(H,24,25). The van der Waals surface area contributed by atoms with Crippen molar-refractivity contribution in [3.8, 4) is 0 Å². The Bertz CT molecular complexity index is 590. The molecule has 0 aromatic carbocycles. The molecule has 3 amide bonds. The smallest absolute Gasteiger partial charge is 0.322 e. The number of nitrogens with two attached hydrogens (primary N) is 2. The molecule has 0 aliphatic heterocycles. The van der Waals surface area contributed by atoms with Crippen LogP contribution in [0.15, 0.2) is 0 Å². The van der Waals surface area contributed by atoms with Crippen molar-refractivity contribution in [1.29, 1.82) is 0 Å². The van der Waals surface area contributed by atoms with E-state index >= 15 is 0 Å². The van der Waals surface area contributed by atoms with Crippen LogP contribution in [-0.2, 0) is 24.0 Å². The third-order valence-corrected chi connectivity index (χ3v) is 4.18. The van der Waals surface area contributed by atoms with Gasteiger partial charge in [-0.3, -0.25) is 24.0 Å². The first-order valence-corrected chi connectivity index (χ1v) is 9.64. The Morgan fingerprint density at radius 2 is 1.48 bits per heavy atom. The first-order valence-electron chi connectivity index (χ1n) is 9.00. The van der Waals surface area contributed by atoms with E-state index in [1.807, 2.05) is 0 Å². The Balaban J connectivity index is 4.92. The van der Waals surface area contributed by atoms with Crippen LogP contribution in [-0.4, -0.2) is 76.8 Å². The first kappa shape index (κ1) is 26.6. The molecule has 0 bridgehead atoms. The summed E-state index contributed by atoms with van der Waals surface area (Å²) in [5, 5.41) is 24.3. The normalized spacial score (nSPS) is 13.6. The highest BCUT2D eigenvalue weighted by Gasteiger charge is 2.27. The van der Waals surface area contributed by atoms with Gasteiger partial charge in [0.15, 0.2) is 0 Å². The highest BCUT2D eigenvalue weighted by molar-refractivity contribution is 7.80. The third-order valence-electron chi connectivity index (χ3n) is 3.82. The zero-order chi connectivity index (χ0) is 22.4. The van der Waals surface area contributed by atoms with Gasteiger partial charge in [0, 0.05) is 12.2 Å². The van der Waals surface area contributed by atoms with Crippen molar-refractivity contribution in [3.05, 3.63) is 0 Å². The average Bonchev–Trinajstić information content (AvgIpc) is 2.67. The molecule has 0 fully saturated rings. The van der Waals surface area contributed by atoms with E-state index in [-0.39, 0.29) is 25.0 Å². The predicted octanol–water partition coefficient (Wildman–Crippen LogP) is -2.59. The van der Waals surface area contributed by atoms with Gasteiger partial charge >= 0.3 is 11.9 Å². The van der Waals surface area contributed by atoms with E-state index in [0.29, 0.717) is 19.4 Å². The molecule has 3 unspecified atom stereocenters. The molecule has 0 radical (unpaired) electrons. The lowest BCUT2D eigenvalue weighted by atomic mass is 10.1. The van der Waals surface area contributed by atoms with Crippen LogP contribution in [0.1, 0.15) is 32.1 Å². The number of carboxylic acid groups (broad SMARTS) is 2. The van der Waals surface area contributed by atoms with Crippen LogP contribution in [0.25, 0.3) is 0 Å². The zero-order valence-corrected chi connectivity index (χ0v) is 16.8. The largest absolute Gasteiger partial charge is 0.481 e. The predicted molar refractivity (Wildman–Crippen MR) is 106 cm³/mol. The fraction of sp³-hybridized carbons (Fsp3) is 0.688. The number of hydrogen-bond donors (Lipinski definition) is 8. The van der Waals surface area contributed by atoms with E-state index in [2.05, 4.69) is 28.6 Å². The molecule has 0 aromatic heterocycles. The van der Waals surface area contributed by atoms with Crippen LogP contribution in [0.4, 0.5) is 0 Å². The van der Waals surface area contributed by atoms with Crippen molar-refractivity contribution < 1.29 is 34.2 Å². The molecule has 0 rings (SSSR count). The summed E-state index contributed by atoms with van der Waals surface area (Å²) in [5.74, 6) is -4.56. The molecule has 0 saturated carbocycles. The second-order valence-electron chi connectivity index (χ2n) is 6.24. The van der Waals surface area contributed by atoms with E-state index < -0.39 is 54.3 Å². The number of aliphatic carboxylic acids is 2. The first-order chi connectivity index (χ1) is 13.6. The van der Waals surface area contributed by atoms with Gasteiger partial charge in [-0.05, 0) is 32.2 Å².